The number of hydrogen-bond acceptors (Lipinski definition) is 7. The van der Waals surface area contributed by atoms with Gasteiger partial charge >= 0.3 is 0 Å². The van der Waals surface area contributed by atoms with Crippen molar-refractivity contribution in [2.45, 2.75) is 11.4 Å². The van der Waals surface area contributed by atoms with Gasteiger partial charge in [-0.15, -0.1) is 0 Å². The summed E-state index contributed by atoms with van der Waals surface area (Å²) >= 11 is 1.09. The van der Waals surface area contributed by atoms with Crippen LogP contribution in [-0.2, 0) is 16.4 Å². The molecule has 0 saturated carbocycles. The third kappa shape index (κ3) is 3.19. The van der Waals surface area contributed by atoms with Crippen LogP contribution in [0.4, 0.5) is 10.9 Å². The van der Waals surface area contributed by atoms with E-state index in [1.165, 1.54) is 12.3 Å². The molecule has 7 nitrogen and oxygen atoms in total. The Morgan fingerprint density at radius 3 is 2.84 bits per heavy atom. The van der Waals surface area contributed by atoms with E-state index in [1.807, 2.05) is 0 Å². The zero-order valence-electron chi connectivity index (χ0n) is 9.78. The van der Waals surface area contributed by atoms with Crippen LogP contribution in [0.25, 0.3) is 0 Å². The fourth-order valence-corrected chi connectivity index (χ4v) is 3.42. The van der Waals surface area contributed by atoms with Crippen molar-refractivity contribution in [1.82, 2.24) is 9.97 Å². The van der Waals surface area contributed by atoms with Gasteiger partial charge in [-0.1, -0.05) is 17.4 Å². The van der Waals surface area contributed by atoms with Crippen LogP contribution in [0.3, 0.4) is 0 Å². The summed E-state index contributed by atoms with van der Waals surface area (Å²) in [5, 5.41) is 8.91. The SMILES string of the molecule is Nc1nc(NS(=O)(=O)c2ccccn2)sc1CCO. The second kappa shape index (κ2) is 5.51. The van der Waals surface area contributed by atoms with Crippen molar-refractivity contribution in [3.63, 3.8) is 0 Å². The Bertz CT molecular complexity index is 655. The fraction of sp³-hybridized carbons (Fsp3) is 0.200. The molecule has 102 valence electrons. The number of sulfonamides is 1. The number of nitrogens with one attached hydrogen (secondary N) is 1. The summed E-state index contributed by atoms with van der Waals surface area (Å²) in [4.78, 5) is 8.31. The zero-order valence-corrected chi connectivity index (χ0v) is 11.4. The first-order chi connectivity index (χ1) is 9.03. The summed E-state index contributed by atoms with van der Waals surface area (Å²) < 4.78 is 26.3. The number of aliphatic hydroxyl groups is 1. The van der Waals surface area contributed by atoms with Gasteiger partial charge in [-0.05, 0) is 12.1 Å². The molecule has 0 aliphatic heterocycles. The van der Waals surface area contributed by atoms with Crippen LogP contribution in [0, 0.1) is 0 Å². The predicted molar refractivity (Wildman–Crippen MR) is 72.4 cm³/mol. The molecule has 0 saturated heterocycles. The van der Waals surface area contributed by atoms with Gasteiger partial charge in [0.25, 0.3) is 10.0 Å². The Kier molecular flexibility index (Phi) is 3.98. The van der Waals surface area contributed by atoms with Crippen molar-refractivity contribution in [3.05, 3.63) is 29.3 Å². The monoisotopic (exact) mass is 300 g/mol. The first-order valence-electron chi connectivity index (χ1n) is 5.33. The lowest BCUT2D eigenvalue weighted by molar-refractivity contribution is 0.301. The maximum atomic E-state index is 12.0. The smallest absolute Gasteiger partial charge is 0.281 e. The summed E-state index contributed by atoms with van der Waals surface area (Å²) in [6.07, 6.45) is 1.73. The van der Waals surface area contributed by atoms with E-state index in [-0.39, 0.29) is 22.6 Å². The van der Waals surface area contributed by atoms with Crippen molar-refractivity contribution in [2.75, 3.05) is 17.1 Å². The summed E-state index contributed by atoms with van der Waals surface area (Å²) in [5.74, 6) is 0.220. The molecule has 0 aromatic carbocycles. The van der Waals surface area contributed by atoms with Crippen molar-refractivity contribution < 1.29 is 13.5 Å². The lowest BCUT2D eigenvalue weighted by Crippen LogP contribution is -2.14. The van der Waals surface area contributed by atoms with E-state index in [9.17, 15) is 8.42 Å². The van der Waals surface area contributed by atoms with E-state index in [0.717, 1.165) is 11.3 Å². The molecular weight excluding hydrogens is 288 g/mol. The minimum Gasteiger partial charge on any atom is -0.396 e. The Hall–Kier alpha value is -1.71. The molecule has 0 fully saturated rings. The summed E-state index contributed by atoms with van der Waals surface area (Å²) in [6, 6.07) is 4.59. The van der Waals surface area contributed by atoms with Crippen LogP contribution < -0.4 is 10.5 Å². The van der Waals surface area contributed by atoms with Gasteiger partial charge in [0.1, 0.15) is 5.82 Å². The minimum atomic E-state index is -3.76. The van der Waals surface area contributed by atoms with Crippen LogP contribution in [0.15, 0.2) is 29.4 Å². The Morgan fingerprint density at radius 1 is 1.42 bits per heavy atom. The Labute approximate surface area is 114 Å². The highest BCUT2D eigenvalue weighted by molar-refractivity contribution is 7.92. The first kappa shape index (κ1) is 13.7. The molecule has 0 radical (unpaired) electrons. The van der Waals surface area contributed by atoms with E-state index >= 15 is 0 Å². The molecular formula is C10H12N4O3S2. The van der Waals surface area contributed by atoms with E-state index in [2.05, 4.69) is 14.7 Å². The van der Waals surface area contributed by atoms with Crippen LogP contribution in [-0.4, -0.2) is 30.1 Å². The topological polar surface area (TPSA) is 118 Å². The zero-order chi connectivity index (χ0) is 13.9. The van der Waals surface area contributed by atoms with E-state index < -0.39 is 10.0 Å². The molecule has 0 amide bonds. The Balaban J connectivity index is 2.24. The average Bonchev–Trinajstić information content (AvgIpc) is 2.70. The number of pyridine rings is 1. The van der Waals surface area contributed by atoms with Gasteiger partial charge in [-0.3, -0.25) is 4.72 Å². The first-order valence-corrected chi connectivity index (χ1v) is 7.63. The van der Waals surface area contributed by atoms with Crippen molar-refractivity contribution >= 4 is 32.3 Å². The third-order valence-electron chi connectivity index (χ3n) is 2.20. The van der Waals surface area contributed by atoms with Crippen molar-refractivity contribution in [1.29, 1.82) is 0 Å². The number of thiazole rings is 1. The number of anilines is 2. The molecule has 2 aromatic rings. The number of aliphatic hydroxyl groups excluding tert-OH is 1. The predicted octanol–water partition coefficient (Wildman–Crippen LogP) is 0.456. The highest BCUT2D eigenvalue weighted by atomic mass is 32.2. The van der Waals surface area contributed by atoms with Crippen LogP contribution >= 0.6 is 11.3 Å². The number of hydrogen-bond donors (Lipinski definition) is 3. The lowest BCUT2D eigenvalue weighted by atomic mass is 10.4. The summed E-state index contributed by atoms with van der Waals surface area (Å²) in [6.45, 7) is -0.0706. The van der Waals surface area contributed by atoms with E-state index in [4.69, 9.17) is 10.8 Å². The lowest BCUT2D eigenvalue weighted by Gasteiger charge is -2.02. The third-order valence-corrected chi connectivity index (χ3v) is 4.63. The average molecular weight is 300 g/mol. The number of nitrogen functional groups attached to an aromatic ring is 1. The van der Waals surface area contributed by atoms with Crippen molar-refractivity contribution in [2.24, 2.45) is 0 Å². The van der Waals surface area contributed by atoms with Crippen molar-refractivity contribution in [3.8, 4) is 0 Å². The van der Waals surface area contributed by atoms with Gasteiger partial charge in [0.2, 0.25) is 0 Å². The molecule has 0 unspecified atom stereocenters. The molecule has 2 aromatic heterocycles. The molecule has 4 N–H and O–H groups in total. The van der Waals surface area contributed by atoms with Gasteiger partial charge in [-0.25, -0.2) is 9.97 Å². The number of aromatic nitrogens is 2. The number of nitrogens with zero attached hydrogens (tertiary/aromatic N) is 2. The van der Waals surface area contributed by atoms with Gasteiger partial charge in [0, 0.05) is 19.2 Å². The van der Waals surface area contributed by atoms with Crippen LogP contribution in [0.2, 0.25) is 0 Å². The summed E-state index contributed by atoms with van der Waals surface area (Å²) in [7, 11) is -3.76. The molecule has 0 aliphatic carbocycles. The molecule has 2 rings (SSSR count). The molecule has 0 atom stereocenters. The molecule has 9 heteroatoms. The minimum absolute atomic E-state index is 0.0706. The highest BCUT2D eigenvalue weighted by Crippen LogP contribution is 2.26. The quantitative estimate of drug-likeness (QED) is 0.738. The number of nitrogens with two attached hydrogens (primary N) is 1. The molecule has 19 heavy (non-hydrogen) atoms. The molecule has 2 heterocycles. The maximum Gasteiger partial charge on any atom is 0.281 e. The fourth-order valence-electron chi connectivity index (χ4n) is 1.36. The van der Waals surface area contributed by atoms with E-state index in [1.54, 1.807) is 12.1 Å². The van der Waals surface area contributed by atoms with Gasteiger partial charge in [-0.2, -0.15) is 8.42 Å². The van der Waals surface area contributed by atoms with Gasteiger partial charge in [0.15, 0.2) is 10.2 Å². The normalized spacial score (nSPS) is 11.4. The molecule has 0 bridgehead atoms. The summed E-state index contributed by atoms with van der Waals surface area (Å²) in [5.41, 5.74) is 5.62. The van der Waals surface area contributed by atoms with E-state index in [0.29, 0.717) is 11.3 Å². The Morgan fingerprint density at radius 2 is 2.21 bits per heavy atom. The standard InChI is InChI=1S/C10H12N4O3S2/c11-9-7(4-6-15)18-10(13-9)14-19(16,17)8-3-1-2-5-12-8/h1-3,5,15H,4,6,11H2,(H,13,14). The molecule has 0 spiro atoms. The maximum absolute atomic E-state index is 12.0. The van der Waals surface area contributed by atoms with Gasteiger partial charge in [0.05, 0.1) is 4.88 Å². The second-order valence-electron chi connectivity index (χ2n) is 3.57. The number of rotatable bonds is 5. The van der Waals surface area contributed by atoms with Gasteiger partial charge < -0.3 is 10.8 Å². The second-order valence-corrected chi connectivity index (χ2v) is 6.29. The largest absolute Gasteiger partial charge is 0.396 e. The van der Waals surface area contributed by atoms with Crippen LogP contribution in [0.5, 0.6) is 0 Å². The van der Waals surface area contributed by atoms with Crippen LogP contribution in [0.1, 0.15) is 4.88 Å². The molecule has 0 aliphatic rings. The highest BCUT2D eigenvalue weighted by Gasteiger charge is 2.18.